The summed E-state index contributed by atoms with van der Waals surface area (Å²) in [6, 6.07) is 5.25. The van der Waals surface area contributed by atoms with Crippen LogP contribution in [0.4, 0.5) is 5.69 Å². The SMILES string of the molecule is CONC(=O)c1cc(C)ccc1N. The van der Waals surface area contributed by atoms with Gasteiger partial charge in [-0.1, -0.05) is 11.6 Å². The maximum Gasteiger partial charge on any atom is 0.276 e. The summed E-state index contributed by atoms with van der Waals surface area (Å²) in [6.07, 6.45) is 0. The Hall–Kier alpha value is -1.55. The van der Waals surface area contributed by atoms with Crippen LogP contribution in [-0.4, -0.2) is 13.0 Å². The van der Waals surface area contributed by atoms with E-state index in [1.807, 2.05) is 13.0 Å². The van der Waals surface area contributed by atoms with Crippen LogP contribution in [0, 0.1) is 6.92 Å². The molecule has 0 aromatic heterocycles. The molecule has 0 bridgehead atoms. The van der Waals surface area contributed by atoms with E-state index in [0.717, 1.165) is 5.56 Å². The lowest BCUT2D eigenvalue weighted by Gasteiger charge is -2.05. The van der Waals surface area contributed by atoms with Gasteiger partial charge in [0.15, 0.2) is 0 Å². The van der Waals surface area contributed by atoms with Gasteiger partial charge in [0.2, 0.25) is 0 Å². The van der Waals surface area contributed by atoms with Crippen LogP contribution >= 0.6 is 0 Å². The Kier molecular flexibility index (Phi) is 2.87. The molecule has 0 fully saturated rings. The maximum atomic E-state index is 11.3. The number of hydrogen-bond donors (Lipinski definition) is 2. The van der Waals surface area contributed by atoms with Crippen LogP contribution in [0.5, 0.6) is 0 Å². The second-order valence-corrected chi connectivity index (χ2v) is 2.73. The molecule has 0 heterocycles. The van der Waals surface area contributed by atoms with Crippen LogP contribution in [0.3, 0.4) is 0 Å². The van der Waals surface area contributed by atoms with Crippen LogP contribution in [0.25, 0.3) is 0 Å². The Labute approximate surface area is 76.6 Å². The number of hydrogen-bond acceptors (Lipinski definition) is 3. The van der Waals surface area contributed by atoms with Gasteiger partial charge in [-0.15, -0.1) is 0 Å². The third kappa shape index (κ3) is 2.19. The summed E-state index contributed by atoms with van der Waals surface area (Å²) in [4.78, 5) is 15.8. The fraction of sp³-hybridized carbons (Fsp3) is 0.222. The molecule has 13 heavy (non-hydrogen) atoms. The fourth-order valence-corrected chi connectivity index (χ4v) is 1.01. The van der Waals surface area contributed by atoms with Crippen molar-refractivity contribution in [3.8, 4) is 0 Å². The largest absolute Gasteiger partial charge is 0.398 e. The van der Waals surface area contributed by atoms with Crippen molar-refractivity contribution in [2.75, 3.05) is 12.8 Å². The Bertz CT molecular complexity index is 323. The summed E-state index contributed by atoms with van der Waals surface area (Å²) in [6.45, 7) is 1.89. The minimum atomic E-state index is -0.330. The maximum absolute atomic E-state index is 11.3. The van der Waals surface area contributed by atoms with Gasteiger partial charge in [0.05, 0.1) is 12.7 Å². The number of benzene rings is 1. The molecule has 0 aliphatic rings. The third-order valence-electron chi connectivity index (χ3n) is 1.65. The van der Waals surface area contributed by atoms with E-state index < -0.39 is 0 Å². The van der Waals surface area contributed by atoms with Crippen LogP contribution < -0.4 is 11.2 Å². The Balaban J connectivity index is 2.99. The average Bonchev–Trinajstić information content (AvgIpc) is 2.09. The van der Waals surface area contributed by atoms with Crippen LogP contribution in [0.1, 0.15) is 15.9 Å². The van der Waals surface area contributed by atoms with E-state index in [1.54, 1.807) is 12.1 Å². The van der Waals surface area contributed by atoms with Crippen molar-refractivity contribution < 1.29 is 9.63 Å². The molecule has 0 atom stereocenters. The van der Waals surface area contributed by atoms with E-state index in [2.05, 4.69) is 10.3 Å². The van der Waals surface area contributed by atoms with Gasteiger partial charge in [-0.2, -0.15) is 0 Å². The van der Waals surface area contributed by atoms with Gasteiger partial charge in [-0.05, 0) is 19.1 Å². The predicted octanol–water partition coefficient (Wildman–Crippen LogP) is 0.868. The van der Waals surface area contributed by atoms with Crippen molar-refractivity contribution in [3.63, 3.8) is 0 Å². The van der Waals surface area contributed by atoms with E-state index in [9.17, 15) is 4.79 Å². The van der Waals surface area contributed by atoms with E-state index in [1.165, 1.54) is 7.11 Å². The topological polar surface area (TPSA) is 64.3 Å². The highest BCUT2D eigenvalue weighted by atomic mass is 16.6. The number of nitrogens with one attached hydrogen (secondary N) is 1. The summed E-state index contributed by atoms with van der Waals surface area (Å²) in [5.41, 5.74) is 9.67. The van der Waals surface area contributed by atoms with Crippen LogP contribution in [-0.2, 0) is 4.84 Å². The van der Waals surface area contributed by atoms with Gasteiger partial charge in [-0.3, -0.25) is 9.63 Å². The van der Waals surface area contributed by atoms with E-state index in [-0.39, 0.29) is 5.91 Å². The molecular weight excluding hydrogens is 168 g/mol. The number of amides is 1. The number of rotatable bonds is 2. The van der Waals surface area contributed by atoms with E-state index >= 15 is 0 Å². The highest BCUT2D eigenvalue weighted by molar-refractivity contribution is 5.98. The van der Waals surface area contributed by atoms with Crippen molar-refractivity contribution in [1.29, 1.82) is 0 Å². The Morgan fingerprint density at radius 3 is 2.85 bits per heavy atom. The molecule has 0 radical (unpaired) electrons. The molecule has 0 aliphatic heterocycles. The number of aryl methyl sites for hydroxylation is 1. The second-order valence-electron chi connectivity index (χ2n) is 2.73. The van der Waals surface area contributed by atoms with Gasteiger partial charge in [0.25, 0.3) is 5.91 Å². The zero-order valence-corrected chi connectivity index (χ0v) is 7.63. The number of hydroxylamine groups is 1. The first-order chi connectivity index (χ1) is 6.15. The molecule has 1 aromatic carbocycles. The zero-order chi connectivity index (χ0) is 9.84. The van der Waals surface area contributed by atoms with Gasteiger partial charge in [0, 0.05) is 5.69 Å². The lowest BCUT2D eigenvalue weighted by atomic mass is 10.1. The highest BCUT2D eigenvalue weighted by Gasteiger charge is 2.08. The minimum absolute atomic E-state index is 0.330. The second kappa shape index (κ2) is 3.91. The van der Waals surface area contributed by atoms with E-state index in [4.69, 9.17) is 5.73 Å². The monoisotopic (exact) mass is 180 g/mol. The van der Waals surface area contributed by atoms with Crippen LogP contribution in [0.2, 0.25) is 0 Å². The smallest absolute Gasteiger partial charge is 0.276 e. The first-order valence-electron chi connectivity index (χ1n) is 3.84. The lowest BCUT2D eigenvalue weighted by Crippen LogP contribution is -2.22. The van der Waals surface area contributed by atoms with Gasteiger partial charge in [-0.25, -0.2) is 5.48 Å². The molecular formula is C9H12N2O2. The molecule has 1 rings (SSSR count). The Morgan fingerprint density at radius 2 is 2.23 bits per heavy atom. The number of nitrogens with two attached hydrogens (primary N) is 1. The predicted molar refractivity (Wildman–Crippen MR) is 50.1 cm³/mol. The zero-order valence-electron chi connectivity index (χ0n) is 7.63. The minimum Gasteiger partial charge on any atom is -0.398 e. The third-order valence-corrected chi connectivity index (χ3v) is 1.65. The van der Waals surface area contributed by atoms with Gasteiger partial charge < -0.3 is 5.73 Å². The molecule has 0 spiro atoms. The van der Waals surface area contributed by atoms with Crippen molar-refractivity contribution in [2.45, 2.75) is 6.92 Å². The average molecular weight is 180 g/mol. The number of carbonyl (C=O) groups is 1. The molecule has 0 saturated heterocycles. The molecule has 3 N–H and O–H groups in total. The molecule has 4 heteroatoms. The van der Waals surface area contributed by atoms with Crippen molar-refractivity contribution in [3.05, 3.63) is 29.3 Å². The molecule has 0 aliphatic carbocycles. The molecule has 1 amide bonds. The summed E-state index contributed by atoms with van der Waals surface area (Å²) in [5, 5.41) is 0. The molecule has 1 aromatic rings. The Morgan fingerprint density at radius 1 is 1.54 bits per heavy atom. The summed E-state index contributed by atoms with van der Waals surface area (Å²) < 4.78 is 0. The van der Waals surface area contributed by atoms with Crippen LogP contribution in [0.15, 0.2) is 18.2 Å². The first kappa shape index (κ1) is 9.54. The summed E-state index contributed by atoms with van der Waals surface area (Å²) >= 11 is 0. The number of carbonyl (C=O) groups excluding carboxylic acids is 1. The first-order valence-corrected chi connectivity index (χ1v) is 3.84. The molecule has 0 unspecified atom stereocenters. The quantitative estimate of drug-likeness (QED) is 0.524. The normalized spacial score (nSPS) is 9.69. The molecule has 4 nitrogen and oxygen atoms in total. The van der Waals surface area contributed by atoms with E-state index in [0.29, 0.717) is 11.3 Å². The van der Waals surface area contributed by atoms with Crippen molar-refractivity contribution in [2.24, 2.45) is 0 Å². The van der Waals surface area contributed by atoms with Gasteiger partial charge >= 0.3 is 0 Å². The van der Waals surface area contributed by atoms with Crippen molar-refractivity contribution >= 4 is 11.6 Å². The number of nitrogen functional groups attached to an aromatic ring is 1. The summed E-state index contributed by atoms with van der Waals surface area (Å²) in [7, 11) is 1.38. The lowest BCUT2D eigenvalue weighted by molar-refractivity contribution is 0.0538. The number of anilines is 1. The standard InChI is InChI=1S/C9H12N2O2/c1-6-3-4-8(10)7(5-6)9(12)11-13-2/h3-5H,10H2,1-2H3,(H,11,12). The highest BCUT2D eigenvalue weighted by Crippen LogP contribution is 2.13. The molecule has 0 saturated carbocycles. The summed E-state index contributed by atoms with van der Waals surface area (Å²) in [5.74, 6) is -0.330. The molecule has 70 valence electrons. The fourth-order valence-electron chi connectivity index (χ4n) is 1.01. The van der Waals surface area contributed by atoms with Crippen molar-refractivity contribution in [1.82, 2.24) is 5.48 Å². The van der Waals surface area contributed by atoms with Gasteiger partial charge in [0.1, 0.15) is 0 Å².